The number of carbonyl (C=O) groups is 1. The highest BCUT2D eigenvalue weighted by molar-refractivity contribution is 6.98. The van der Waals surface area contributed by atoms with Gasteiger partial charge in [-0.15, -0.1) is 0 Å². The van der Waals surface area contributed by atoms with Gasteiger partial charge in [0.05, 0.1) is 14.7 Å². The van der Waals surface area contributed by atoms with Crippen molar-refractivity contribution in [1.29, 1.82) is 0 Å². The molecule has 1 aliphatic heterocycles. The van der Waals surface area contributed by atoms with Crippen LogP contribution in [0.15, 0.2) is 46.9 Å². The van der Waals surface area contributed by atoms with Crippen LogP contribution in [0.1, 0.15) is 19.8 Å². The predicted octanol–water partition coefficient (Wildman–Crippen LogP) is 4.15. The van der Waals surface area contributed by atoms with E-state index in [-0.39, 0.29) is 5.97 Å². The molecule has 0 spiro atoms. The average molecular weight is 375 g/mol. The zero-order chi connectivity index (χ0) is 18.5. The number of rotatable bonds is 6. The second kappa shape index (κ2) is 8.19. The molecule has 1 aromatic rings. The number of esters is 1. The molecule has 1 heterocycles. The highest BCUT2D eigenvalue weighted by Gasteiger charge is 2.36. The van der Waals surface area contributed by atoms with Crippen LogP contribution in [-0.4, -0.2) is 35.3 Å². The summed E-state index contributed by atoms with van der Waals surface area (Å²) >= 11 is 0. The Labute approximate surface area is 153 Å². The van der Waals surface area contributed by atoms with E-state index in [4.69, 9.17) is 9.47 Å². The van der Waals surface area contributed by atoms with Crippen LogP contribution >= 0.6 is 0 Å². The molecule has 5 heteroatoms. The quantitative estimate of drug-likeness (QED) is 0.325. The van der Waals surface area contributed by atoms with E-state index in [0.29, 0.717) is 13.2 Å². The third-order valence-electron chi connectivity index (χ3n) is 4.68. The van der Waals surface area contributed by atoms with Gasteiger partial charge in [-0.3, -0.25) is 0 Å². The molecule has 136 valence electrons. The highest BCUT2D eigenvalue weighted by Crippen LogP contribution is 2.28. The maximum absolute atomic E-state index is 11.8. The summed E-state index contributed by atoms with van der Waals surface area (Å²) in [5.74, 6) is 0.806. The van der Waals surface area contributed by atoms with Gasteiger partial charge in [0.15, 0.2) is 0 Å². The van der Waals surface area contributed by atoms with E-state index in [2.05, 4.69) is 62.7 Å². The highest BCUT2D eigenvalue weighted by atomic mass is 28.3. The first kappa shape index (κ1) is 19.7. The largest absolute Gasteiger partial charge is 0.490 e. The van der Waals surface area contributed by atoms with Crippen LogP contribution in [0.5, 0.6) is 5.75 Å². The van der Waals surface area contributed by atoms with Gasteiger partial charge in [-0.2, -0.15) is 0 Å². The second-order valence-corrected chi connectivity index (χ2v) is 16.5. The molecule has 0 saturated heterocycles. The van der Waals surface area contributed by atoms with Crippen molar-refractivity contribution < 1.29 is 14.3 Å². The van der Waals surface area contributed by atoms with Gasteiger partial charge in [-0.25, -0.2) is 4.79 Å². The number of unbranched alkanes of at least 4 members (excludes halogenated alkanes) is 1. The lowest BCUT2D eigenvalue weighted by Gasteiger charge is -2.35. The van der Waals surface area contributed by atoms with Crippen molar-refractivity contribution in [3.63, 3.8) is 0 Å². The molecule has 3 nitrogen and oxygen atoms in total. The van der Waals surface area contributed by atoms with Crippen molar-refractivity contribution in [2.75, 3.05) is 13.2 Å². The number of fused-ring (bicyclic) bond motifs is 1. The van der Waals surface area contributed by atoms with Crippen molar-refractivity contribution >= 4 is 27.3 Å². The van der Waals surface area contributed by atoms with Gasteiger partial charge in [-0.1, -0.05) is 69.1 Å². The van der Waals surface area contributed by atoms with Gasteiger partial charge in [0, 0.05) is 6.08 Å². The molecule has 0 atom stereocenters. The second-order valence-electron chi connectivity index (χ2n) is 7.76. The van der Waals surface area contributed by atoms with E-state index in [1.165, 1.54) is 10.4 Å². The Morgan fingerprint density at radius 2 is 2.04 bits per heavy atom. The first-order chi connectivity index (χ1) is 11.8. The fraction of sp³-hybridized carbons (Fsp3) is 0.450. The SMILES string of the molecule is CCCCOC(=O)/C=C/[Si](C)(C)/C=C1\COc2ccccc2[Si]1(C)C. The van der Waals surface area contributed by atoms with Gasteiger partial charge in [0.1, 0.15) is 20.4 Å². The van der Waals surface area contributed by atoms with Crippen LogP contribution in [0, 0.1) is 0 Å². The van der Waals surface area contributed by atoms with Crippen LogP contribution in [0.2, 0.25) is 26.2 Å². The molecule has 1 aromatic carbocycles. The van der Waals surface area contributed by atoms with E-state index < -0.39 is 16.1 Å². The summed E-state index contributed by atoms with van der Waals surface area (Å²) < 4.78 is 11.2. The Bertz CT molecular complexity index is 675. The summed E-state index contributed by atoms with van der Waals surface area (Å²) in [5.41, 5.74) is 4.48. The van der Waals surface area contributed by atoms with Gasteiger partial charge in [-0.05, 0) is 22.9 Å². The van der Waals surface area contributed by atoms with Gasteiger partial charge in [0.25, 0.3) is 0 Å². The standard InChI is InChI=1S/C20H30O3Si2/c1-6-7-13-22-20(21)12-14-24(2,3)16-17-15-23-18-10-8-9-11-19(18)25(17,4)5/h8-12,14,16H,6-7,13,15H2,1-5H3/b14-12+,17-16+. The van der Waals surface area contributed by atoms with Crippen molar-refractivity contribution in [2.45, 2.75) is 46.0 Å². The third kappa shape index (κ3) is 5.19. The lowest BCUT2D eigenvalue weighted by Crippen LogP contribution is -2.50. The molecule has 25 heavy (non-hydrogen) atoms. The molecule has 0 aromatic heterocycles. The molecule has 0 N–H and O–H groups in total. The van der Waals surface area contributed by atoms with Crippen molar-refractivity contribution in [1.82, 2.24) is 0 Å². The summed E-state index contributed by atoms with van der Waals surface area (Å²) in [6.07, 6.45) is 3.57. The van der Waals surface area contributed by atoms with E-state index in [1.807, 2.05) is 6.07 Å². The molecule has 2 rings (SSSR count). The Morgan fingerprint density at radius 1 is 1.32 bits per heavy atom. The van der Waals surface area contributed by atoms with E-state index in [1.54, 1.807) is 6.08 Å². The lowest BCUT2D eigenvalue weighted by molar-refractivity contribution is -0.137. The number of hydrogen-bond acceptors (Lipinski definition) is 3. The molecule has 0 amide bonds. The van der Waals surface area contributed by atoms with Crippen LogP contribution in [0.4, 0.5) is 0 Å². The van der Waals surface area contributed by atoms with E-state index in [0.717, 1.165) is 18.6 Å². The Kier molecular flexibility index (Phi) is 6.46. The fourth-order valence-electron chi connectivity index (χ4n) is 2.99. The van der Waals surface area contributed by atoms with Crippen LogP contribution < -0.4 is 9.92 Å². The minimum Gasteiger partial charge on any atom is -0.490 e. The normalized spacial score (nSPS) is 18.0. The van der Waals surface area contributed by atoms with E-state index >= 15 is 0 Å². The molecular weight excluding hydrogens is 344 g/mol. The first-order valence-corrected chi connectivity index (χ1v) is 15.2. The number of hydrogen-bond donors (Lipinski definition) is 0. The Balaban J connectivity index is 2.14. The summed E-state index contributed by atoms with van der Waals surface area (Å²) in [7, 11) is -3.51. The zero-order valence-corrected chi connectivity index (χ0v) is 18.1. The summed E-state index contributed by atoms with van der Waals surface area (Å²) in [4.78, 5) is 11.8. The first-order valence-electron chi connectivity index (χ1n) is 9.07. The van der Waals surface area contributed by atoms with Crippen molar-refractivity contribution in [3.8, 4) is 5.75 Å². The van der Waals surface area contributed by atoms with Crippen LogP contribution in [0.3, 0.4) is 0 Å². The number of benzene rings is 1. The molecular formula is C20H30O3Si2. The molecule has 0 aliphatic carbocycles. The Hall–Kier alpha value is -1.60. The Morgan fingerprint density at radius 3 is 2.76 bits per heavy atom. The predicted molar refractivity (Wildman–Crippen MR) is 110 cm³/mol. The van der Waals surface area contributed by atoms with Crippen molar-refractivity contribution in [3.05, 3.63) is 46.9 Å². The monoisotopic (exact) mass is 374 g/mol. The summed E-state index contributed by atoms with van der Waals surface area (Å²) in [6.45, 7) is 12.5. The average Bonchev–Trinajstić information content (AvgIpc) is 2.56. The minimum absolute atomic E-state index is 0.228. The maximum Gasteiger partial charge on any atom is 0.330 e. The summed E-state index contributed by atoms with van der Waals surface area (Å²) in [6, 6.07) is 8.39. The number of para-hydroxylation sites is 1. The topological polar surface area (TPSA) is 35.5 Å². The molecule has 0 unspecified atom stereocenters. The van der Waals surface area contributed by atoms with Crippen molar-refractivity contribution in [2.24, 2.45) is 0 Å². The van der Waals surface area contributed by atoms with E-state index in [9.17, 15) is 4.79 Å². The molecule has 1 aliphatic rings. The van der Waals surface area contributed by atoms with Crippen LogP contribution in [0.25, 0.3) is 0 Å². The third-order valence-corrected chi connectivity index (χ3v) is 10.7. The van der Waals surface area contributed by atoms with Gasteiger partial charge >= 0.3 is 5.97 Å². The van der Waals surface area contributed by atoms with Gasteiger partial charge in [0.2, 0.25) is 0 Å². The molecule has 0 saturated carbocycles. The number of carbonyl (C=O) groups excluding carboxylic acids is 1. The molecule has 0 radical (unpaired) electrons. The van der Waals surface area contributed by atoms with Gasteiger partial charge < -0.3 is 9.47 Å². The maximum atomic E-state index is 11.8. The van der Waals surface area contributed by atoms with Crippen LogP contribution in [-0.2, 0) is 9.53 Å². The minimum atomic E-state index is -1.80. The zero-order valence-electron chi connectivity index (χ0n) is 16.1. The number of ether oxygens (including phenoxy) is 2. The smallest absolute Gasteiger partial charge is 0.330 e. The molecule has 0 bridgehead atoms. The fourth-order valence-corrected chi connectivity index (χ4v) is 9.25. The molecule has 0 fully saturated rings. The lowest BCUT2D eigenvalue weighted by atomic mass is 10.3. The summed E-state index contributed by atoms with van der Waals surface area (Å²) in [5, 5.41) is 2.78.